The largest absolute Gasteiger partial charge is 0.343 e. The van der Waals surface area contributed by atoms with Crippen molar-refractivity contribution in [2.45, 2.75) is 38.1 Å². The zero-order valence-electron chi connectivity index (χ0n) is 13.6. The van der Waals surface area contributed by atoms with Gasteiger partial charge in [-0.2, -0.15) is 0 Å². The number of likely N-dealkylation sites (tertiary alicyclic amines) is 1. The lowest BCUT2D eigenvalue weighted by molar-refractivity contribution is -0.132. The van der Waals surface area contributed by atoms with Crippen LogP contribution < -0.4 is 5.73 Å². The number of nitrogens with zero attached hydrogens (tertiary/aromatic N) is 3. The Kier molecular flexibility index (Phi) is 6.80. The smallest absolute Gasteiger partial charge is 0.222 e. The molecule has 0 saturated carbocycles. The van der Waals surface area contributed by atoms with Gasteiger partial charge in [0, 0.05) is 57.5 Å². The van der Waals surface area contributed by atoms with Gasteiger partial charge in [-0.05, 0) is 37.9 Å². The fraction of sp³-hybridized carbons (Fsp3) is 0.647. The maximum Gasteiger partial charge on any atom is 0.222 e. The van der Waals surface area contributed by atoms with Crippen LogP contribution in [0, 0.1) is 0 Å². The van der Waals surface area contributed by atoms with E-state index in [9.17, 15) is 4.79 Å². The summed E-state index contributed by atoms with van der Waals surface area (Å²) in [6.45, 7) is 3.76. The van der Waals surface area contributed by atoms with Crippen molar-refractivity contribution in [3.8, 4) is 0 Å². The lowest BCUT2D eigenvalue weighted by Gasteiger charge is -2.36. The van der Waals surface area contributed by atoms with Gasteiger partial charge in [0.15, 0.2) is 0 Å². The SMILES string of the molecule is CN(C(=O)CCCN)C1CCN(CCc2ccccn2)CC1. The van der Waals surface area contributed by atoms with Crippen LogP contribution >= 0.6 is 0 Å². The van der Waals surface area contributed by atoms with Crippen LogP contribution in [0.2, 0.25) is 0 Å². The van der Waals surface area contributed by atoms with E-state index < -0.39 is 0 Å². The first-order chi connectivity index (χ1) is 10.7. The summed E-state index contributed by atoms with van der Waals surface area (Å²) in [4.78, 5) is 20.8. The number of rotatable bonds is 7. The van der Waals surface area contributed by atoms with Gasteiger partial charge in [0.1, 0.15) is 0 Å². The summed E-state index contributed by atoms with van der Waals surface area (Å²) in [7, 11) is 1.94. The summed E-state index contributed by atoms with van der Waals surface area (Å²) < 4.78 is 0. The van der Waals surface area contributed by atoms with E-state index in [4.69, 9.17) is 5.73 Å². The minimum Gasteiger partial charge on any atom is -0.343 e. The Bertz CT molecular complexity index is 443. The number of piperidine rings is 1. The third kappa shape index (κ3) is 5.07. The summed E-state index contributed by atoms with van der Waals surface area (Å²) >= 11 is 0. The normalized spacial score (nSPS) is 16.6. The second-order valence-corrected chi connectivity index (χ2v) is 6.04. The lowest BCUT2D eigenvalue weighted by atomic mass is 10.0. The summed E-state index contributed by atoms with van der Waals surface area (Å²) in [5, 5.41) is 0. The van der Waals surface area contributed by atoms with Crippen molar-refractivity contribution in [3.05, 3.63) is 30.1 Å². The number of hydrogen-bond acceptors (Lipinski definition) is 4. The van der Waals surface area contributed by atoms with Gasteiger partial charge in [0.05, 0.1) is 0 Å². The molecule has 0 bridgehead atoms. The number of pyridine rings is 1. The maximum atomic E-state index is 12.0. The molecule has 0 aromatic carbocycles. The van der Waals surface area contributed by atoms with Gasteiger partial charge < -0.3 is 15.5 Å². The Morgan fingerprint density at radius 2 is 2.18 bits per heavy atom. The highest BCUT2D eigenvalue weighted by Gasteiger charge is 2.24. The Labute approximate surface area is 133 Å². The molecule has 22 heavy (non-hydrogen) atoms. The van der Waals surface area contributed by atoms with Gasteiger partial charge in [0.25, 0.3) is 0 Å². The predicted molar refractivity (Wildman–Crippen MR) is 88.5 cm³/mol. The third-order valence-corrected chi connectivity index (χ3v) is 4.50. The molecule has 0 aliphatic carbocycles. The van der Waals surface area contributed by atoms with Crippen molar-refractivity contribution in [1.29, 1.82) is 0 Å². The predicted octanol–water partition coefficient (Wildman–Crippen LogP) is 1.29. The lowest BCUT2D eigenvalue weighted by Crippen LogP contribution is -2.46. The third-order valence-electron chi connectivity index (χ3n) is 4.50. The molecule has 1 aliphatic rings. The molecule has 1 aromatic heterocycles. The molecule has 5 heteroatoms. The quantitative estimate of drug-likeness (QED) is 0.824. The first kappa shape index (κ1) is 16.9. The average molecular weight is 304 g/mol. The van der Waals surface area contributed by atoms with E-state index in [0.29, 0.717) is 19.0 Å². The first-order valence-electron chi connectivity index (χ1n) is 8.28. The maximum absolute atomic E-state index is 12.0. The molecule has 1 saturated heterocycles. The van der Waals surface area contributed by atoms with E-state index in [1.54, 1.807) is 0 Å². The summed E-state index contributed by atoms with van der Waals surface area (Å²) in [5.41, 5.74) is 6.62. The summed E-state index contributed by atoms with van der Waals surface area (Å²) in [6, 6.07) is 6.45. The molecule has 1 aromatic rings. The topological polar surface area (TPSA) is 62.5 Å². The number of carbonyl (C=O) groups excluding carboxylic acids is 1. The molecule has 0 spiro atoms. The number of nitrogens with two attached hydrogens (primary N) is 1. The van der Waals surface area contributed by atoms with Crippen LogP contribution in [0.4, 0.5) is 0 Å². The zero-order chi connectivity index (χ0) is 15.8. The van der Waals surface area contributed by atoms with Crippen molar-refractivity contribution >= 4 is 5.91 Å². The molecular formula is C17H28N4O. The molecule has 5 nitrogen and oxygen atoms in total. The van der Waals surface area contributed by atoms with Crippen LogP contribution in [0.1, 0.15) is 31.4 Å². The Morgan fingerprint density at radius 3 is 2.82 bits per heavy atom. The standard InChI is InChI=1S/C17H28N4O/c1-20(17(22)6-4-10-18)16-8-13-21(14-9-16)12-7-15-5-2-3-11-19-15/h2-3,5,11,16H,4,6-10,12-14,18H2,1H3. The molecule has 1 aliphatic heterocycles. The molecule has 0 unspecified atom stereocenters. The van der Waals surface area contributed by atoms with Crippen LogP contribution in [0.5, 0.6) is 0 Å². The molecule has 2 heterocycles. The van der Waals surface area contributed by atoms with Crippen LogP contribution in [0.15, 0.2) is 24.4 Å². The average Bonchev–Trinajstić information content (AvgIpc) is 2.58. The molecular weight excluding hydrogens is 276 g/mol. The summed E-state index contributed by atoms with van der Waals surface area (Å²) in [6.07, 6.45) is 6.33. The van der Waals surface area contributed by atoms with Gasteiger partial charge in [-0.1, -0.05) is 6.07 Å². The van der Waals surface area contributed by atoms with Gasteiger partial charge in [0.2, 0.25) is 5.91 Å². The molecule has 122 valence electrons. The van der Waals surface area contributed by atoms with Crippen molar-refractivity contribution in [3.63, 3.8) is 0 Å². The Morgan fingerprint density at radius 1 is 1.41 bits per heavy atom. The fourth-order valence-corrected chi connectivity index (χ4v) is 2.98. The molecule has 0 radical (unpaired) electrons. The van der Waals surface area contributed by atoms with Crippen molar-refractivity contribution in [2.75, 3.05) is 33.2 Å². The van der Waals surface area contributed by atoms with E-state index in [0.717, 1.165) is 51.0 Å². The highest BCUT2D eigenvalue weighted by Crippen LogP contribution is 2.16. The van der Waals surface area contributed by atoms with Gasteiger partial charge in [-0.15, -0.1) is 0 Å². The van der Waals surface area contributed by atoms with Crippen LogP contribution in [0.25, 0.3) is 0 Å². The highest BCUT2D eigenvalue weighted by molar-refractivity contribution is 5.76. The van der Waals surface area contributed by atoms with E-state index >= 15 is 0 Å². The Balaban J connectivity index is 1.70. The molecule has 0 atom stereocenters. The van der Waals surface area contributed by atoms with E-state index in [1.807, 2.05) is 30.3 Å². The monoisotopic (exact) mass is 304 g/mol. The van der Waals surface area contributed by atoms with Crippen molar-refractivity contribution in [2.24, 2.45) is 5.73 Å². The van der Waals surface area contributed by atoms with Crippen LogP contribution in [-0.2, 0) is 11.2 Å². The molecule has 2 rings (SSSR count). The number of amides is 1. The van der Waals surface area contributed by atoms with Gasteiger partial charge in [-0.25, -0.2) is 0 Å². The minimum absolute atomic E-state index is 0.234. The second-order valence-electron chi connectivity index (χ2n) is 6.04. The van der Waals surface area contributed by atoms with Crippen molar-refractivity contribution < 1.29 is 4.79 Å². The minimum atomic E-state index is 0.234. The van der Waals surface area contributed by atoms with Gasteiger partial charge >= 0.3 is 0 Å². The van der Waals surface area contributed by atoms with E-state index in [1.165, 1.54) is 0 Å². The summed E-state index contributed by atoms with van der Waals surface area (Å²) in [5.74, 6) is 0.234. The highest BCUT2D eigenvalue weighted by atomic mass is 16.2. The van der Waals surface area contributed by atoms with Crippen molar-refractivity contribution in [1.82, 2.24) is 14.8 Å². The molecule has 1 fully saturated rings. The number of hydrogen-bond donors (Lipinski definition) is 1. The van der Waals surface area contributed by atoms with E-state index in [2.05, 4.69) is 16.0 Å². The number of carbonyl (C=O) groups is 1. The molecule has 1 amide bonds. The van der Waals surface area contributed by atoms with Gasteiger partial charge in [-0.3, -0.25) is 9.78 Å². The number of aromatic nitrogens is 1. The second kappa shape index (κ2) is 8.86. The Hall–Kier alpha value is -1.46. The van der Waals surface area contributed by atoms with Crippen LogP contribution in [-0.4, -0.2) is 60.0 Å². The zero-order valence-corrected chi connectivity index (χ0v) is 13.6. The first-order valence-corrected chi connectivity index (χ1v) is 8.28. The fourth-order valence-electron chi connectivity index (χ4n) is 2.98. The van der Waals surface area contributed by atoms with E-state index in [-0.39, 0.29) is 5.91 Å². The van der Waals surface area contributed by atoms with Crippen LogP contribution in [0.3, 0.4) is 0 Å². The molecule has 2 N–H and O–H groups in total.